The van der Waals surface area contributed by atoms with E-state index in [1.807, 2.05) is 37.3 Å². The lowest BCUT2D eigenvalue weighted by atomic mass is 10.1. The van der Waals surface area contributed by atoms with Crippen molar-refractivity contribution in [2.75, 3.05) is 26.4 Å². The topological polar surface area (TPSA) is 189 Å². The second-order valence-electron chi connectivity index (χ2n) is 14.4. The standard InChI is InChI=1S/C48H77O12P/c1-3-5-7-8-9-10-11-12-13-14-15-16-17-18-19-23-31-37-47(53)57-41-46(42-59-61(55,56)58-40-45(52)39-49)60-48(54)38-32-24-21-20-22-28-34-44(51)36-30-26-25-29-35-43(50)33-27-6-4-2/h6,9-10,12-13,15-16,21-22,24-30,35-36,43-46,49-52H,3-5,7-8,11,14,17-20,23,31-34,37-42H2,1-2H3,(H,55,56)/b10-9-,13-12-,16-15-,24-21-,26-25-,27-6-,28-22-,35-29+,36-30+/t43-,44+,45-,46+/m0/s1. The summed E-state index contributed by atoms with van der Waals surface area (Å²) < 4.78 is 32.5. The molecule has 0 bridgehead atoms. The van der Waals surface area contributed by atoms with Gasteiger partial charge >= 0.3 is 19.8 Å². The molecule has 12 nitrogen and oxygen atoms in total. The maximum absolute atomic E-state index is 12.6. The Hall–Kier alpha value is -3.45. The number of aliphatic hydroxyl groups is 4. The lowest BCUT2D eigenvalue weighted by Gasteiger charge is -2.20. The molecule has 0 heterocycles. The molecule has 0 aliphatic rings. The Labute approximate surface area is 366 Å². The van der Waals surface area contributed by atoms with E-state index in [-0.39, 0.29) is 12.8 Å². The first-order valence-electron chi connectivity index (χ1n) is 22.1. The van der Waals surface area contributed by atoms with E-state index in [2.05, 4.69) is 47.9 Å². The highest BCUT2D eigenvalue weighted by atomic mass is 31.2. The van der Waals surface area contributed by atoms with Crippen LogP contribution in [0.15, 0.2) is 109 Å². The maximum atomic E-state index is 12.6. The van der Waals surface area contributed by atoms with E-state index in [9.17, 15) is 34.4 Å². The maximum Gasteiger partial charge on any atom is 0.472 e. The molecule has 0 amide bonds. The Morgan fingerprint density at radius 1 is 0.574 bits per heavy atom. The van der Waals surface area contributed by atoms with Crippen molar-refractivity contribution in [1.29, 1.82) is 0 Å². The molecule has 5 atom stereocenters. The zero-order chi connectivity index (χ0) is 45.1. The van der Waals surface area contributed by atoms with E-state index >= 15 is 0 Å². The molecule has 0 saturated carbocycles. The van der Waals surface area contributed by atoms with Crippen molar-refractivity contribution in [3.05, 3.63) is 109 Å². The molecule has 61 heavy (non-hydrogen) atoms. The van der Waals surface area contributed by atoms with Gasteiger partial charge in [-0.2, -0.15) is 0 Å². The number of carbonyl (C=O) groups excluding carboxylic acids is 2. The van der Waals surface area contributed by atoms with Gasteiger partial charge in [-0.1, -0.05) is 149 Å². The SMILES string of the molecule is CC/C=C\C[C@H](O)/C=C/C=C\C=C\[C@H](O)C/C=C\C/C=C\CCC(=O)O[C@H](COC(=O)CCCCCC/C=C\C/C=C\C/C=C\CCCCC)COP(=O)(O)OC[C@@H](O)CO. The van der Waals surface area contributed by atoms with Crippen LogP contribution in [0.5, 0.6) is 0 Å². The fraction of sp³-hybridized carbons (Fsp3) is 0.583. The van der Waals surface area contributed by atoms with E-state index in [0.717, 1.165) is 51.4 Å². The van der Waals surface area contributed by atoms with E-state index < -0.39 is 70.6 Å². The molecule has 5 N–H and O–H groups in total. The highest BCUT2D eigenvalue weighted by Gasteiger charge is 2.27. The third kappa shape index (κ3) is 41.7. The number of hydrogen-bond acceptors (Lipinski definition) is 11. The number of phosphoric acid groups is 1. The number of aliphatic hydroxyl groups excluding tert-OH is 4. The smallest absolute Gasteiger partial charge is 0.462 e. The van der Waals surface area contributed by atoms with Gasteiger partial charge in [0.05, 0.1) is 32.0 Å². The highest BCUT2D eigenvalue weighted by molar-refractivity contribution is 7.47. The van der Waals surface area contributed by atoms with Crippen LogP contribution in [-0.4, -0.2) is 88.1 Å². The van der Waals surface area contributed by atoms with Crippen LogP contribution in [0.1, 0.15) is 129 Å². The molecular formula is C48H77O12P. The van der Waals surface area contributed by atoms with Gasteiger partial charge in [-0.25, -0.2) is 4.57 Å². The Bertz CT molecular complexity index is 1410. The lowest BCUT2D eigenvalue weighted by molar-refractivity contribution is -0.161. The van der Waals surface area contributed by atoms with Gasteiger partial charge in [0, 0.05) is 12.8 Å². The number of phosphoric ester groups is 1. The summed E-state index contributed by atoms with van der Waals surface area (Å²) in [4.78, 5) is 35.0. The summed E-state index contributed by atoms with van der Waals surface area (Å²) >= 11 is 0. The zero-order valence-electron chi connectivity index (χ0n) is 36.8. The van der Waals surface area contributed by atoms with Gasteiger partial charge in [0.15, 0.2) is 6.10 Å². The number of hydrogen-bond donors (Lipinski definition) is 5. The van der Waals surface area contributed by atoms with Crippen LogP contribution in [0.2, 0.25) is 0 Å². The monoisotopic (exact) mass is 877 g/mol. The average molecular weight is 877 g/mol. The largest absolute Gasteiger partial charge is 0.472 e. The van der Waals surface area contributed by atoms with E-state index in [1.165, 1.54) is 19.3 Å². The van der Waals surface area contributed by atoms with Crippen molar-refractivity contribution >= 4 is 19.8 Å². The van der Waals surface area contributed by atoms with Crippen LogP contribution in [0.3, 0.4) is 0 Å². The molecule has 13 heteroatoms. The molecular weight excluding hydrogens is 799 g/mol. The minimum atomic E-state index is -4.68. The highest BCUT2D eigenvalue weighted by Crippen LogP contribution is 2.43. The summed E-state index contributed by atoms with van der Waals surface area (Å²) in [5.41, 5.74) is 0. The number of ether oxygens (including phenoxy) is 2. The number of allylic oxidation sites excluding steroid dienone is 14. The van der Waals surface area contributed by atoms with Gasteiger partial charge in [-0.05, 0) is 77.0 Å². The van der Waals surface area contributed by atoms with Gasteiger partial charge in [0.1, 0.15) is 12.7 Å². The summed E-state index contributed by atoms with van der Waals surface area (Å²) in [5.74, 6) is -1.13. The molecule has 0 aliphatic heterocycles. The lowest BCUT2D eigenvalue weighted by Crippen LogP contribution is -2.29. The third-order valence-corrected chi connectivity index (χ3v) is 9.54. The average Bonchev–Trinajstić information content (AvgIpc) is 3.24. The Morgan fingerprint density at radius 3 is 1.69 bits per heavy atom. The second-order valence-corrected chi connectivity index (χ2v) is 15.8. The van der Waals surface area contributed by atoms with Gasteiger partial charge in [-0.15, -0.1) is 0 Å². The minimum absolute atomic E-state index is 0.00946. The van der Waals surface area contributed by atoms with Crippen LogP contribution in [0.25, 0.3) is 0 Å². The summed E-state index contributed by atoms with van der Waals surface area (Å²) in [6.07, 6.45) is 45.5. The first kappa shape index (κ1) is 57.5. The first-order chi connectivity index (χ1) is 29.5. The van der Waals surface area contributed by atoms with Crippen molar-refractivity contribution in [2.45, 2.75) is 154 Å². The molecule has 0 aliphatic carbocycles. The van der Waals surface area contributed by atoms with Crippen LogP contribution in [-0.2, 0) is 32.7 Å². The van der Waals surface area contributed by atoms with Crippen LogP contribution in [0, 0.1) is 0 Å². The Kier molecular flexibility index (Phi) is 39.5. The molecule has 0 saturated heterocycles. The van der Waals surface area contributed by atoms with Crippen LogP contribution in [0.4, 0.5) is 0 Å². The van der Waals surface area contributed by atoms with Gasteiger partial charge in [0.2, 0.25) is 0 Å². The first-order valence-corrected chi connectivity index (χ1v) is 23.6. The Morgan fingerprint density at radius 2 is 1.10 bits per heavy atom. The van der Waals surface area contributed by atoms with Crippen molar-refractivity contribution < 1.29 is 58.0 Å². The predicted molar refractivity (Wildman–Crippen MR) is 244 cm³/mol. The van der Waals surface area contributed by atoms with E-state index in [4.69, 9.17) is 19.1 Å². The molecule has 0 rings (SSSR count). The van der Waals surface area contributed by atoms with E-state index in [0.29, 0.717) is 32.1 Å². The van der Waals surface area contributed by atoms with Crippen molar-refractivity contribution in [1.82, 2.24) is 0 Å². The van der Waals surface area contributed by atoms with Crippen LogP contribution < -0.4 is 0 Å². The predicted octanol–water partition coefficient (Wildman–Crippen LogP) is 9.72. The van der Waals surface area contributed by atoms with E-state index in [1.54, 1.807) is 42.5 Å². The fourth-order valence-corrected chi connectivity index (χ4v) is 5.93. The van der Waals surface area contributed by atoms with Gasteiger partial charge < -0.3 is 34.8 Å². The normalized spacial score (nSPS) is 15.9. The molecule has 0 spiro atoms. The molecule has 1 unspecified atom stereocenters. The fourth-order valence-electron chi connectivity index (χ4n) is 5.14. The second kappa shape index (κ2) is 41.9. The minimum Gasteiger partial charge on any atom is -0.462 e. The molecule has 0 aromatic rings. The molecule has 0 aromatic carbocycles. The van der Waals surface area contributed by atoms with Crippen molar-refractivity contribution in [2.24, 2.45) is 0 Å². The summed E-state index contributed by atoms with van der Waals surface area (Å²) in [7, 11) is -4.68. The van der Waals surface area contributed by atoms with Crippen molar-refractivity contribution in [3.8, 4) is 0 Å². The van der Waals surface area contributed by atoms with Crippen LogP contribution >= 0.6 is 7.82 Å². The van der Waals surface area contributed by atoms with Gasteiger partial charge in [0.25, 0.3) is 0 Å². The number of carbonyl (C=O) groups is 2. The Balaban J connectivity index is 4.60. The number of esters is 2. The molecule has 0 fully saturated rings. The molecule has 0 aromatic heterocycles. The zero-order valence-corrected chi connectivity index (χ0v) is 37.7. The van der Waals surface area contributed by atoms with Crippen molar-refractivity contribution in [3.63, 3.8) is 0 Å². The molecule has 0 radical (unpaired) electrons. The molecule has 346 valence electrons. The van der Waals surface area contributed by atoms with Gasteiger partial charge in [-0.3, -0.25) is 18.6 Å². The summed E-state index contributed by atoms with van der Waals surface area (Å²) in [5, 5.41) is 38.3. The number of rotatable bonds is 39. The quantitative estimate of drug-likeness (QED) is 0.0129. The summed E-state index contributed by atoms with van der Waals surface area (Å²) in [6.45, 7) is 1.90. The summed E-state index contributed by atoms with van der Waals surface area (Å²) in [6, 6.07) is 0. The number of unbranched alkanes of at least 4 members (excludes halogenated alkanes) is 7. The third-order valence-electron chi connectivity index (χ3n) is 8.59.